The van der Waals surface area contributed by atoms with Crippen molar-refractivity contribution in [2.75, 3.05) is 0 Å². The predicted molar refractivity (Wildman–Crippen MR) is 491 cm³/mol. The topological polar surface area (TPSA) is 0 Å². The van der Waals surface area contributed by atoms with Crippen LogP contribution in [0.5, 0.6) is 0 Å². The Kier molecular flexibility index (Phi) is 29.6. The second-order valence-corrected chi connectivity index (χ2v) is 51.0. The van der Waals surface area contributed by atoms with Crippen molar-refractivity contribution >= 4 is 0 Å². The molecule has 24 unspecified atom stereocenters. The maximum atomic E-state index is 1.64. The quantitative estimate of drug-likeness (QED) is 0.227. The maximum Gasteiger partial charge on any atom is -0.0297 e. The molecule has 6 bridgehead atoms. The van der Waals surface area contributed by atoms with Gasteiger partial charge in [0.05, 0.1) is 0 Å². The van der Waals surface area contributed by atoms with Crippen LogP contribution in [0.4, 0.5) is 0 Å². The molecule has 0 N–H and O–H groups in total. The van der Waals surface area contributed by atoms with Gasteiger partial charge in [0.2, 0.25) is 0 Å². The summed E-state index contributed by atoms with van der Waals surface area (Å²) in [6.07, 6.45) is 129. The number of hydrogen-bond acceptors (Lipinski definition) is 0. The summed E-state index contributed by atoms with van der Waals surface area (Å²) < 4.78 is 0. The molecule has 0 amide bonds. The highest BCUT2D eigenvalue weighted by atomic mass is 14.6. The molecule has 31 saturated carbocycles. The molecule has 0 heterocycles. The average molecular weight is 1580 g/mol. The molecule has 0 aromatic carbocycles. The Bertz CT molecular complexity index is 2690. The van der Waals surface area contributed by atoms with E-state index in [1.807, 2.05) is 0 Å². The van der Waals surface area contributed by atoms with E-state index in [2.05, 4.69) is 0 Å². The summed E-state index contributed by atoms with van der Waals surface area (Å²) in [5.41, 5.74) is 2.66. The van der Waals surface area contributed by atoms with Crippen LogP contribution in [0.25, 0.3) is 0 Å². The fourth-order valence-electron chi connectivity index (χ4n) is 38.4. The molecule has 0 aromatic rings. The van der Waals surface area contributed by atoms with Crippen molar-refractivity contribution in [1.29, 1.82) is 0 Å². The molecule has 0 nitrogen and oxygen atoms in total. The van der Waals surface area contributed by atoms with E-state index < -0.39 is 0 Å². The van der Waals surface area contributed by atoms with Gasteiger partial charge in [0, 0.05) is 0 Å². The molecule has 3 spiro atoms. The van der Waals surface area contributed by atoms with Crippen molar-refractivity contribution in [3.63, 3.8) is 0 Å². The third-order valence-electron chi connectivity index (χ3n) is 45.2. The zero-order valence-electron chi connectivity index (χ0n) is 76.8. The van der Waals surface area contributed by atoms with E-state index in [1.165, 1.54) is 227 Å². The smallest absolute Gasteiger partial charge is 0.0297 e. The van der Waals surface area contributed by atoms with Gasteiger partial charge >= 0.3 is 0 Å². The first-order chi connectivity index (χ1) is 56.8. The van der Waals surface area contributed by atoms with Crippen LogP contribution in [-0.4, -0.2) is 0 Å². The Balaban J connectivity index is 0.0000000879. The van der Waals surface area contributed by atoms with E-state index in [-0.39, 0.29) is 0 Å². The molecule has 31 aliphatic rings. The van der Waals surface area contributed by atoms with Crippen LogP contribution in [0.1, 0.15) is 527 Å². The first kappa shape index (κ1) is 84.5. The van der Waals surface area contributed by atoms with Gasteiger partial charge < -0.3 is 0 Å². The molecule has 654 valence electrons. The van der Waals surface area contributed by atoms with Crippen LogP contribution in [0.2, 0.25) is 0 Å². The second kappa shape index (κ2) is 40.3. The molecule has 0 saturated heterocycles. The Morgan fingerprint density at radius 1 is 0.0957 bits per heavy atom. The SMILES string of the molecule is C1C2CC1C2.C1CC2CC(C1)C2.C1CC2CC1C2.C1CC2CCCC2C2CC2C1.C1CCC2(CC1)CC2.C1CCC2(CC1)CCCC2.C1CCC2(CC1)CCCCC2.C1CCC2C(C1)CCC1C2CCC2C3CCCCC3CCC21.C1CCC2C(C1)CCC1C3CCCC3CCC21.C1CCC2C(C1)CCC1C3CCCCC3CCC21. The zero-order valence-corrected chi connectivity index (χ0v) is 76.8. The standard InChI is InChI=1S/C22H36.C18H30.C17H28.C11H18.C11H20.C10H18.C8H14.C7H12.C6H10.C5H8/c1-3-7-17-15(5-1)9-11-21-19(17)13-14-20-18-8-4-2-6-16(18)10-12-22(20)21;1-3-7-15-13(5-1)9-11-18-16-8-4-2-6-14(16)10-12-17(15)18;1-2-6-14-12(4-1)8-10-17-15-7-3-5-13(15)9-11-16(14)17;1-3-8-4-2-6-10(8)11-7-9(11)5-1;1-3-7-11(8-4-1)9-5-2-6-10-11;1-2-6-10(7-3-1)8-4-5-9-10;1-2-4-8(5-3-1)6-7-8;1-2-6-4-7(3-1)5-6;1-2-6-3-5(1)4-6;1-4-2-5(1)3-4/h15-22H,1-14H2;13-18H,1-12H2;12-17H,1-11H2;8-11H,1-7H2;1-10H2;1-9H2;1-7H2;6-7H,1-5H2;5-6H,1-4H2;4-5H,1-3H2. The van der Waals surface area contributed by atoms with Crippen LogP contribution < -0.4 is 0 Å². The molecule has 0 heteroatoms. The highest BCUT2D eigenvalue weighted by Gasteiger charge is 2.55. The molecule has 0 radical (unpaired) electrons. The molecule has 24 atom stereocenters. The van der Waals surface area contributed by atoms with E-state index in [9.17, 15) is 0 Å². The van der Waals surface area contributed by atoms with Gasteiger partial charge in [-0.15, -0.1) is 0 Å². The van der Waals surface area contributed by atoms with E-state index in [0.29, 0.717) is 0 Å². The van der Waals surface area contributed by atoms with Crippen LogP contribution in [0.3, 0.4) is 0 Å². The van der Waals surface area contributed by atoms with Gasteiger partial charge in [0.1, 0.15) is 0 Å². The lowest BCUT2D eigenvalue weighted by molar-refractivity contribution is -0.0786. The fourth-order valence-corrected chi connectivity index (χ4v) is 38.4. The fraction of sp³-hybridized carbons (Fsp3) is 1.00. The lowest BCUT2D eigenvalue weighted by Gasteiger charge is -2.57. The molecule has 0 aromatic heterocycles. The first-order valence-corrected chi connectivity index (χ1v) is 56.8. The van der Waals surface area contributed by atoms with Crippen molar-refractivity contribution in [1.82, 2.24) is 0 Å². The molecule has 115 heavy (non-hydrogen) atoms. The summed E-state index contributed by atoms with van der Waals surface area (Å²) in [4.78, 5) is 0. The Morgan fingerprint density at radius 3 is 0.522 bits per heavy atom. The molecular weight excluding hydrogens is 1380 g/mol. The van der Waals surface area contributed by atoms with Crippen molar-refractivity contribution in [3.8, 4) is 0 Å². The zero-order chi connectivity index (χ0) is 76.8. The van der Waals surface area contributed by atoms with Gasteiger partial charge in [-0.25, -0.2) is 0 Å². The Labute approximate surface area is 715 Å². The second-order valence-electron chi connectivity index (χ2n) is 51.0. The van der Waals surface area contributed by atoms with Gasteiger partial charge in [-0.1, -0.05) is 263 Å². The molecule has 31 aliphatic carbocycles. The minimum Gasteiger partial charge on any atom is -0.0533 e. The van der Waals surface area contributed by atoms with E-state index >= 15 is 0 Å². The highest BCUT2D eigenvalue weighted by Crippen LogP contribution is 2.65. The third-order valence-corrected chi connectivity index (χ3v) is 45.2. The Morgan fingerprint density at radius 2 is 0.278 bits per heavy atom. The number of fused-ring (bicyclic) bond motifs is 23. The van der Waals surface area contributed by atoms with Gasteiger partial charge in [0.15, 0.2) is 0 Å². The van der Waals surface area contributed by atoms with Gasteiger partial charge in [0.25, 0.3) is 0 Å². The summed E-state index contributed by atoms with van der Waals surface area (Å²) >= 11 is 0. The van der Waals surface area contributed by atoms with Crippen LogP contribution >= 0.6 is 0 Å². The Hall–Kier alpha value is 0. The van der Waals surface area contributed by atoms with E-state index in [4.69, 9.17) is 0 Å². The normalized spacial score (nSPS) is 47.8. The van der Waals surface area contributed by atoms with Gasteiger partial charge in [-0.05, 0) is 457 Å². The lowest BCUT2D eigenvalue weighted by atomic mass is 9.48. The van der Waals surface area contributed by atoms with Crippen molar-refractivity contribution in [2.24, 2.45) is 194 Å². The summed E-state index contributed by atoms with van der Waals surface area (Å²) in [5.74, 6) is 35.2. The van der Waals surface area contributed by atoms with E-state index in [1.54, 1.807) is 430 Å². The van der Waals surface area contributed by atoms with Crippen LogP contribution in [-0.2, 0) is 0 Å². The monoisotopic (exact) mass is 1580 g/mol. The highest BCUT2D eigenvalue weighted by molar-refractivity contribution is 5.05. The molecule has 31 fully saturated rings. The van der Waals surface area contributed by atoms with Gasteiger partial charge in [-0.3, -0.25) is 0 Å². The van der Waals surface area contributed by atoms with Crippen LogP contribution in [0.15, 0.2) is 0 Å². The van der Waals surface area contributed by atoms with Crippen molar-refractivity contribution < 1.29 is 0 Å². The van der Waals surface area contributed by atoms with E-state index in [0.717, 1.165) is 63.6 Å². The minimum atomic E-state index is 0.858. The number of rotatable bonds is 0. The summed E-state index contributed by atoms with van der Waals surface area (Å²) in [6, 6.07) is 0. The third kappa shape index (κ3) is 20.7. The molecule has 31 rings (SSSR count). The minimum absolute atomic E-state index is 0.858. The lowest BCUT2D eigenvalue weighted by Crippen LogP contribution is -2.49. The molecular formula is C115H194. The van der Waals surface area contributed by atoms with Crippen molar-refractivity contribution in [3.05, 3.63) is 0 Å². The summed E-state index contributed by atoms with van der Waals surface area (Å²) in [7, 11) is 0. The van der Waals surface area contributed by atoms with Gasteiger partial charge in [-0.2, -0.15) is 0 Å². The van der Waals surface area contributed by atoms with Crippen LogP contribution in [0, 0.1) is 194 Å². The average Bonchev–Trinajstić information content (AvgIpc) is 1.35. The predicted octanol–water partition coefficient (Wildman–Crippen LogP) is 35.7. The van der Waals surface area contributed by atoms with Crippen molar-refractivity contribution in [2.45, 2.75) is 527 Å². The summed E-state index contributed by atoms with van der Waals surface area (Å²) in [5, 5.41) is 0. The maximum absolute atomic E-state index is 1.64. The number of hydrogen-bond donors (Lipinski definition) is 0. The largest absolute Gasteiger partial charge is 0.0533 e. The first-order valence-electron chi connectivity index (χ1n) is 56.8. The summed E-state index contributed by atoms with van der Waals surface area (Å²) in [6.45, 7) is 0. The molecule has 0 aliphatic heterocycles.